The molecule has 1 nitrogen and oxygen atoms in total. The lowest BCUT2D eigenvalue weighted by molar-refractivity contribution is -0.347. The van der Waals surface area contributed by atoms with Crippen molar-refractivity contribution in [2.75, 3.05) is 0 Å². The summed E-state index contributed by atoms with van der Waals surface area (Å²) in [4.78, 5) is 0. The quantitative estimate of drug-likeness (QED) is 0.744. The third-order valence-corrected chi connectivity index (χ3v) is 2.19. The molecule has 0 aliphatic rings. The molecular weight excluding hydrogens is 262 g/mol. The zero-order chi connectivity index (χ0) is 14.0. The van der Waals surface area contributed by atoms with Gasteiger partial charge in [0.2, 0.25) is 0 Å². The zero-order valence-electron chi connectivity index (χ0n) is 9.22. The number of rotatable bonds is 4. The number of ether oxygens (including phenoxy) is 1. The van der Waals surface area contributed by atoms with Gasteiger partial charge in [-0.25, -0.2) is 4.39 Å². The van der Waals surface area contributed by atoms with E-state index in [1.54, 1.807) is 6.07 Å². The van der Waals surface area contributed by atoms with E-state index < -0.39 is 24.6 Å². The van der Waals surface area contributed by atoms with Crippen molar-refractivity contribution >= 4 is 0 Å². The van der Waals surface area contributed by atoms with Gasteiger partial charge in [0, 0.05) is 0 Å². The van der Waals surface area contributed by atoms with Gasteiger partial charge in [0.25, 0.3) is 6.17 Å². The third-order valence-electron chi connectivity index (χ3n) is 2.19. The molecule has 0 spiro atoms. The lowest BCUT2D eigenvalue weighted by Crippen LogP contribution is -2.44. The molecule has 1 rings (SSSR count). The highest BCUT2D eigenvalue weighted by atomic mass is 19.4. The molecule has 0 aromatic heterocycles. The molecule has 0 fully saturated rings. The molecule has 0 amide bonds. The van der Waals surface area contributed by atoms with Gasteiger partial charge in [-0.05, 0) is 12.5 Å². The Hall–Kier alpha value is -1.24. The van der Waals surface area contributed by atoms with Crippen LogP contribution in [0, 0.1) is 0 Å². The van der Waals surface area contributed by atoms with E-state index in [4.69, 9.17) is 0 Å². The summed E-state index contributed by atoms with van der Waals surface area (Å²) >= 11 is 0. The average molecular weight is 272 g/mol. The molecule has 0 heterocycles. The fraction of sp³-hybridized carbons (Fsp3) is 0.455. The van der Waals surface area contributed by atoms with Gasteiger partial charge in [-0.2, -0.15) is 22.0 Å². The Balaban J connectivity index is 2.77. The highest BCUT2D eigenvalue weighted by Gasteiger charge is 2.58. The van der Waals surface area contributed by atoms with Crippen LogP contribution in [0.25, 0.3) is 0 Å². The van der Waals surface area contributed by atoms with E-state index in [2.05, 4.69) is 4.74 Å². The van der Waals surface area contributed by atoms with Gasteiger partial charge in [0.05, 0.1) is 6.10 Å². The van der Waals surface area contributed by atoms with Crippen molar-refractivity contribution in [3.05, 3.63) is 35.9 Å². The number of halogens is 6. The van der Waals surface area contributed by atoms with Crippen LogP contribution in [0.4, 0.5) is 26.3 Å². The summed E-state index contributed by atoms with van der Waals surface area (Å²) in [6, 6.07) is 7.39. The summed E-state index contributed by atoms with van der Waals surface area (Å²) in [7, 11) is 0. The van der Waals surface area contributed by atoms with E-state index in [-0.39, 0.29) is 5.56 Å². The molecule has 0 N–H and O–H groups in total. The topological polar surface area (TPSA) is 9.23 Å². The van der Waals surface area contributed by atoms with Crippen LogP contribution in [0.5, 0.6) is 0 Å². The molecule has 2 atom stereocenters. The largest absolute Gasteiger partial charge is 0.428 e. The van der Waals surface area contributed by atoms with Gasteiger partial charge in [0.1, 0.15) is 0 Å². The molecule has 0 aliphatic carbocycles. The fourth-order valence-corrected chi connectivity index (χ4v) is 1.28. The Kier molecular flexibility index (Phi) is 4.26. The predicted molar refractivity (Wildman–Crippen MR) is 51.8 cm³/mol. The fourth-order valence-electron chi connectivity index (χ4n) is 1.28. The molecule has 0 saturated carbocycles. The standard InChI is InChI=1S/C11H10F6O/c1-7(8-5-3-2-4-6-8)18-11(16,17)9(12)10(13,14)15/h2-7,9H,1H3. The minimum Gasteiger partial charge on any atom is -0.310 e. The molecular formula is C11H10F6O. The first-order valence-corrected chi connectivity index (χ1v) is 4.96. The normalized spacial score (nSPS) is 16.4. The van der Waals surface area contributed by atoms with Crippen LogP contribution in [-0.2, 0) is 4.74 Å². The molecule has 0 aliphatic heterocycles. The first-order valence-electron chi connectivity index (χ1n) is 4.96. The Morgan fingerprint density at radius 3 is 1.94 bits per heavy atom. The van der Waals surface area contributed by atoms with E-state index in [0.29, 0.717) is 0 Å². The van der Waals surface area contributed by atoms with Crippen molar-refractivity contribution in [3.63, 3.8) is 0 Å². The highest BCUT2D eigenvalue weighted by molar-refractivity contribution is 5.16. The second-order valence-corrected chi connectivity index (χ2v) is 3.64. The Labute approximate surface area is 99.4 Å². The van der Waals surface area contributed by atoms with Crippen molar-refractivity contribution in [3.8, 4) is 0 Å². The van der Waals surface area contributed by atoms with Gasteiger partial charge in [-0.15, -0.1) is 0 Å². The average Bonchev–Trinajstić information content (AvgIpc) is 2.27. The van der Waals surface area contributed by atoms with E-state index in [0.717, 1.165) is 6.92 Å². The van der Waals surface area contributed by atoms with Gasteiger partial charge in [-0.1, -0.05) is 30.3 Å². The molecule has 0 radical (unpaired) electrons. The van der Waals surface area contributed by atoms with E-state index >= 15 is 0 Å². The van der Waals surface area contributed by atoms with Crippen LogP contribution in [0.3, 0.4) is 0 Å². The molecule has 0 bridgehead atoms. The summed E-state index contributed by atoms with van der Waals surface area (Å²) in [6.45, 7) is 1.12. The zero-order valence-corrected chi connectivity index (χ0v) is 9.22. The van der Waals surface area contributed by atoms with Crippen molar-refractivity contribution < 1.29 is 31.1 Å². The van der Waals surface area contributed by atoms with E-state index in [1.165, 1.54) is 24.3 Å². The number of hydrogen-bond acceptors (Lipinski definition) is 1. The Morgan fingerprint density at radius 2 is 1.50 bits per heavy atom. The van der Waals surface area contributed by atoms with Crippen molar-refractivity contribution in [2.24, 2.45) is 0 Å². The van der Waals surface area contributed by atoms with E-state index in [1.807, 2.05) is 0 Å². The molecule has 2 unspecified atom stereocenters. The monoisotopic (exact) mass is 272 g/mol. The second kappa shape index (κ2) is 5.17. The minimum absolute atomic E-state index is 0.228. The number of hydrogen-bond donors (Lipinski definition) is 0. The van der Waals surface area contributed by atoms with Crippen molar-refractivity contribution in [2.45, 2.75) is 31.5 Å². The lowest BCUT2D eigenvalue weighted by Gasteiger charge is -2.25. The van der Waals surface area contributed by atoms with E-state index in [9.17, 15) is 26.3 Å². The molecule has 1 aromatic carbocycles. The molecule has 102 valence electrons. The molecule has 0 saturated heterocycles. The van der Waals surface area contributed by atoms with Crippen LogP contribution in [0.2, 0.25) is 0 Å². The Bertz CT molecular complexity index is 375. The summed E-state index contributed by atoms with van der Waals surface area (Å²) < 4.78 is 77.9. The van der Waals surface area contributed by atoms with Gasteiger partial charge in [-0.3, -0.25) is 0 Å². The molecule has 1 aromatic rings. The van der Waals surface area contributed by atoms with Crippen LogP contribution in [0.15, 0.2) is 30.3 Å². The maximum Gasteiger partial charge on any atom is 0.428 e. The summed E-state index contributed by atoms with van der Waals surface area (Å²) in [6.07, 6.45) is -16.3. The Morgan fingerprint density at radius 1 is 1.00 bits per heavy atom. The third kappa shape index (κ3) is 3.63. The van der Waals surface area contributed by atoms with Crippen LogP contribution < -0.4 is 0 Å². The highest BCUT2D eigenvalue weighted by Crippen LogP contribution is 2.38. The van der Waals surface area contributed by atoms with Crippen LogP contribution in [0.1, 0.15) is 18.6 Å². The summed E-state index contributed by atoms with van der Waals surface area (Å²) in [5, 5.41) is 0. The molecule has 7 heteroatoms. The maximum absolute atomic E-state index is 12.9. The maximum atomic E-state index is 12.9. The smallest absolute Gasteiger partial charge is 0.310 e. The van der Waals surface area contributed by atoms with Gasteiger partial charge in [0.15, 0.2) is 0 Å². The lowest BCUT2D eigenvalue weighted by atomic mass is 10.1. The molecule has 18 heavy (non-hydrogen) atoms. The van der Waals surface area contributed by atoms with Crippen LogP contribution >= 0.6 is 0 Å². The number of benzene rings is 1. The summed E-state index contributed by atoms with van der Waals surface area (Å²) in [5.41, 5.74) is 0.228. The predicted octanol–water partition coefficient (Wildman–Crippen LogP) is 4.26. The first kappa shape index (κ1) is 14.8. The first-order chi connectivity index (χ1) is 8.14. The number of alkyl halides is 6. The van der Waals surface area contributed by atoms with Crippen molar-refractivity contribution in [1.82, 2.24) is 0 Å². The second-order valence-electron chi connectivity index (χ2n) is 3.64. The summed E-state index contributed by atoms with van der Waals surface area (Å²) in [5.74, 6) is 0. The van der Waals surface area contributed by atoms with Crippen molar-refractivity contribution in [1.29, 1.82) is 0 Å². The minimum atomic E-state index is -5.67. The van der Waals surface area contributed by atoms with Crippen LogP contribution in [-0.4, -0.2) is 18.5 Å². The SMILES string of the molecule is CC(OC(F)(F)C(F)C(F)(F)F)c1ccccc1. The van der Waals surface area contributed by atoms with Gasteiger partial charge < -0.3 is 4.74 Å². The van der Waals surface area contributed by atoms with Gasteiger partial charge >= 0.3 is 12.3 Å².